The van der Waals surface area contributed by atoms with Crippen LogP contribution in [0.4, 0.5) is 0 Å². The van der Waals surface area contributed by atoms with Crippen LogP contribution in [0.3, 0.4) is 0 Å². The largest absolute Gasteiger partial charge is 0.494 e. The molecule has 0 aromatic heterocycles. The molecule has 2 heterocycles. The standard InChI is InChI=1S/C24H37NO/c1-2-4-6-11-16-23-17-13-18-24(26-23)21-25(19-12-7-5-3-1)20-22-14-9-8-10-15-22/h8-10,14-15,17,24H,1-7,11-13,16,18-21H2. The third-order valence-electron chi connectivity index (χ3n) is 5.79. The van der Waals surface area contributed by atoms with Gasteiger partial charge in [0.2, 0.25) is 0 Å². The SMILES string of the molecule is C1=C2CCCCCCCCCCCN(Cc3ccccc3)CC(CC1)O2. The first-order valence-electron chi connectivity index (χ1n) is 11.0. The van der Waals surface area contributed by atoms with E-state index in [1.807, 2.05) is 0 Å². The molecule has 0 aliphatic carbocycles. The van der Waals surface area contributed by atoms with Crippen LogP contribution in [0.2, 0.25) is 0 Å². The van der Waals surface area contributed by atoms with Gasteiger partial charge in [-0.2, -0.15) is 0 Å². The molecule has 2 nitrogen and oxygen atoms in total. The predicted molar refractivity (Wildman–Crippen MR) is 110 cm³/mol. The molecule has 1 aromatic rings. The van der Waals surface area contributed by atoms with E-state index < -0.39 is 0 Å². The summed E-state index contributed by atoms with van der Waals surface area (Å²) in [6, 6.07) is 10.9. The van der Waals surface area contributed by atoms with Gasteiger partial charge in [-0.25, -0.2) is 0 Å². The van der Waals surface area contributed by atoms with Crippen LogP contribution in [0.25, 0.3) is 0 Å². The smallest absolute Gasteiger partial charge is 0.111 e. The molecular formula is C24H37NO. The molecule has 0 radical (unpaired) electrons. The molecule has 0 spiro atoms. The van der Waals surface area contributed by atoms with Crippen molar-refractivity contribution in [2.75, 3.05) is 13.1 Å². The minimum Gasteiger partial charge on any atom is -0.494 e. The van der Waals surface area contributed by atoms with Gasteiger partial charge in [-0.3, -0.25) is 4.90 Å². The molecular weight excluding hydrogens is 318 g/mol. The van der Waals surface area contributed by atoms with E-state index >= 15 is 0 Å². The lowest BCUT2D eigenvalue weighted by molar-refractivity contribution is 0.0501. The Morgan fingerprint density at radius 3 is 2.31 bits per heavy atom. The fraction of sp³-hybridized carbons (Fsp3) is 0.667. The van der Waals surface area contributed by atoms with Crippen LogP contribution in [-0.4, -0.2) is 24.1 Å². The summed E-state index contributed by atoms with van der Waals surface area (Å²) in [5.41, 5.74) is 1.42. The molecule has 2 heteroatoms. The number of fused-ring (bicyclic) bond motifs is 2. The maximum atomic E-state index is 6.37. The van der Waals surface area contributed by atoms with Gasteiger partial charge in [-0.05, 0) is 43.9 Å². The lowest BCUT2D eigenvalue weighted by Crippen LogP contribution is -2.35. The van der Waals surface area contributed by atoms with Crippen LogP contribution in [0.15, 0.2) is 42.2 Å². The van der Waals surface area contributed by atoms with Gasteiger partial charge in [-0.1, -0.05) is 75.3 Å². The van der Waals surface area contributed by atoms with Gasteiger partial charge in [0.05, 0.1) is 5.76 Å². The Hall–Kier alpha value is -1.28. The van der Waals surface area contributed by atoms with Crippen LogP contribution < -0.4 is 0 Å². The van der Waals surface area contributed by atoms with E-state index in [4.69, 9.17) is 4.74 Å². The molecule has 0 N–H and O–H groups in total. The second-order valence-electron chi connectivity index (χ2n) is 8.14. The Balaban J connectivity index is 1.58. The van der Waals surface area contributed by atoms with Crippen molar-refractivity contribution in [2.24, 2.45) is 0 Å². The van der Waals surface area contributed by atoms with E-state index in [0.29, 0.717) is 6.10 Å². The Morgan fingerprint density at radius 2 is 1.54 bits per heavy atom. The summed E-state index contributed by atoms with van der Waals surface area (Å²) in [4.78, 5) is 2.63. The number of rotatable bonds is 2. The van der Waals surface area contributed by atoms with Gasteiger partial charge in [0.25, 0.3) is 0 Å². The molecule has 2 bridgehead atoms. The average Bonchev–Trinajstić information content (AvgIpc) is 2.66. The lowest BCUT2D eigenvalue weighted by Gasteiger charge is -2.31. The molecule has 0 saturated carbocycles. The monoisotopic (exact) mass is 355 g/mol. The van der Waals surface area contributed by atoms with Crippen molar-refractivity contribution in [1.82, 2.24) is 4.90 Å². The highest BCUT2D eigenvalue weighted by Crippen LogP contribution is 2.23. The molecule has 1 saturated heterocycles. The number of benzene rings is 1. The zero-order chi connectivity index (χ0) is 17.9. The molecule has 144 valence electrons. The zero-order valence-corrected chi connectivity index (χ0v) is 16.5. The van der Waals surface area contributed by atoms with Crippen molar-refractivity contribution in [3.8, 4) is 0 Å². The molecule has 0 amide bonds. The second kappa shape index (κ2) is 11.4. The highest BCUT2D eigenvalue weighted by molar-refractivity contribution is 5.14. The van der Waals surface area contributed by atoms with E-state index in [0.717, 1.165) is 19.5 Å². The van der Waals surface area contributed by atoms with Crippen molar-refractivity contribution >= 4 is 0 Å². The van der Waals surface area contributed by atoms with E-state index in [1.54, 1.807) is 0 Å². The first-order valence-corrected chi connectivity index (χ1v) is 11.0. The molecule has 1 fully saturated rings. The Bertz CT molecular complexity index is 524. The first kappa shape index (κ1) is 19.5. The van der Waals surface area contributed by atoms with Gasteiger partial charge in [0.1, 0.15) is 6.10 Å². The molecule has 3 rings (SSSR count). The Labute approximate surface area is 160 Å². The summed E-state index contributed by atoms with van der Waals surface area (Å²) in [7, 11) is 0. The third-order valence-corrected chi connectivity index (χ3v) is 5.79. The summed E-state index contributed by atoms with van der Waals surface area (Å²) in [6.45, 7) is 3.33. The van der Waals surface area contributed by atoms with Crippen molar-refractivity contribution in [3.05, 3.63) is 47.7 Å². The van der Waals surface area contributed by atoms with Crippen molar-refractivity contribution in [2.45, 2.75) is 89.7 Å². The maximum absolute atomic E-state index is 6.37. The molecule has 1 unspecified atom stereocenters. The Kier molecular flexibility index (Phi) is 8.57. The second-order valence-corrected chi connectivity index (χ2v) is 8.14. The van der Waals surface area contributed by atoms with Crippen LogP contribution in [-0.2, 0) is 11.3 Å². The molecule has 1 atom stereocenters. The van der Waals surface area contributed by atoms with Crippen LogP contribution >= 0.6 is 0 Å². The quantitative estimate of drug-likeness (QED) is 0.603. The van der Waals surface area contributed by atoms with Gasteiger partial charge in [0, 0.05) is 19.5 Å². The lowest BCUT2D eigenvalue weighted by atomic mass is 10.0. The van der Waals surface area contributed by atoms with Gasteiger partial charge in [-0.15, -0.1) is 0 Å². The van der Waals surface area contributed by atoms with Crippen LogP contribution in [0, 0.1) is 0 Å². The van der Waals surface area contributed by atoms with Gasteiger partial charge in [0.15, 0.2) is 0 Å². The highest BCUT2D eigenvalue weighted by atomic mass is 16.5. The number of ether oxygens (including phenoxy) is 1. The number of allylic oxidation sites excluding steroid dienone is 2. The minimum absolute atomic E-state index is 0.381. The predicted octanol–water partition coefficient (Wildman–Crippen LogP) is 6.47. The minimum atomic E-state index is 0.381. The van der Waals surface area contributed by atoms with E-state index in [-0.39, 0.29) is 0 Å². The summed E-state index contributed by atoms with van der Waals surface area (Å²) in [5.74, 6) is 1.27. The fourth-order valence-corrected chi connectivity index (χ4v) is 4.28. The molecule has 2 aliphatic heterocycles. The van der Waals surface area contributed by atoms with E-state index in [9.17, 15) is 0 Å². The van der Waals surface area contributed by atoms with Gasteiger partial charge < -0.3 is 4.74 Å². The first-order chi connectivity index (χ1) is 12.9. The van der Waals surface area contributed by atoms with Crippen molar-refractivity contribution in [3.63, 3.8) is 0 Å². The fourth-order valence-electron chi connectivity index (χ4n) is 4.28. The van der Waals surface area contributed by atoms with Crippen LogP contribution in [0.5, 0.6) is 0 Å². The molecule has 2 aliphatic rings. The zero-order valence-electron chi connectivity index (χ0n) is 16.5. The van der Waals surface area contributed by atoms with Crippen molar-refractivity contribution in [1.29, 1.82) is 0 Å². The Morgan fingerprint density at radius 1 is 0.846 bits per heavy atom. The number of nitrogens with zero attached hydrogens (tertiary/aromatic N) is 1. The molecule has 1 aromatic carbocycles. The third kappa shape index (κ3) is 7.15. The van der Waals surface area contributed by atoms with Crippen LogP contribution in [0.1, 0.15) is 82.6 Å². The number of hydrogen-bond acceptors (Lipinski definition) is 2. The normalized spacial score (nSPS) is 24.5. The van der Waals surface area contributed by atoms with Gasteiger partial charge >= 0.3 is 0 Å². The average molecular weight is 356 g/mol. The summed E-state index contributed by atoms with van der Waals surface area (Å²) >= 11 is 0. The van der Waals surface area contributed by atoms with E-state index in [2.05, 4.69) is 41.3 Å². The number of hydrogen-bond donors (Lipinski definition) is 0. The topological polar surface area (TPSA) is 12.5 Å². The summed E-state index contributed by atoms with van der Waals surface area (Å²) in [5, 5.41) is 0. The summed E-state index contributed by atoms with van der Waals surface area (Å²) in [6.07, 6.45) is 18.7. The maximum Gasteiger partial charge on any atom is 0.111 e. The molecule has 26 heavy (non-hydrogen) atoms. The van der Waals surface area contributed by atoms with Crippen molar-refractivity contribution < 1.29 is 4.74 Å². The highest BCUT2D eigenvalue weighted by Gasteiger charge is 2.20. The van der Waals surface area contributed by atoms with E-state index in [1.165, 1.54) is 88.5 Å². The summed E-state index contributed by atoms with van der Waals surface area (Å²) < 4.78 is 6.37.